The molecule has 3 aromatic rings. The summed E-state index contributed by atoms with van der Waals surface area (Å²) in [6, 6.07) is 4.17. The third kappa shape index (κ3) is 5.34. The maximum atomic E-state index is 12.4. The van der Waals surface area contributed by atoms with Gasteiger partial charge in [0.2, 0.25) is 5.82 Å². The van der Waals surface area contributed by atoms with Crippen molar-refractivity contribution < 1.29 is 18.0 Å². The molecular weight excluding hydrogens is 541 g/mol. The van der Waals surface area contributed by atoms with Crippen molar-refractivity contribution >= 4 is 38.9 Å². The van der Waals surface area contributed by atoms with E-state index in [0.717, 1.165) is 45.9 Å². The second-order valence-corrected chi connectivity index (χ2v) is 9.91. The minimum Gasteiger partial charge on any atom is -0.370 e. The lowest BCUT2D eigenvalue weighted by atomic mass is 9.87. The van der Waals surface area contributed by atoms with Crippen molar-refractivity contribution in [2.45, 2.75) is 32.6 Å². The summed E-state index contributed by atoms with van der Waals surface area (Å²) in [6.07, 6.45) is 0.736. The summed E-state index contributed by atoms with van der Waals surface area (Å²) in [4.78, 5) is 23.8. The van der Waals surface area contributed by atoms with Crippen LogP contribution in [0.1, 0.15) is 30.6 Å². The van der Waals surface area contributed by atoms with Gasteiger partial charge in [-0.2, -0.15) is 18.4 Å². The van der Waals surface area contributed by atoms with Gasteiger partial charge in [0, 0.05) is 54.3 Å². The van der Waals surface area contributed by atoms with Crippen LogP contribution in [0.25, 0.3) is 11.0 Å². The van der Waals surface area contributed by atoms with Crippen molar-refractivity contribution in [2.24, 2.45) is 11.8 Å². The van der Waals surface area contributed by atoms with Crippen LogP contribution in [0.2, 0.25) is 0 Å². The molecule has 2 aliphatic heterocycles. The van der Waals surface area contributed by atoms with E-state index in [1.807, 2.05) is 18.0 Å². The zero-order chi connectivity index (χ0) is 26.0. The Hall–Kier alpha value is -3.11. The molecule has 2 aliphatic rings. The molecule has 0 spiro atoms. The number of anilines is 1. The van der Waals surface area contributed by atoms with Crippen molar-refractivity contribution in [1.29, 1.82) is 5.26 Å². The molecule has 5 rings (SSSR count). The third-order valence-corrected chi connectivity index (χ3v) is 6.87. The molecular formula is C23H24BrF3N8O. The zero-order valence-corrected chi connectivity index (χ0v) is 21.3. The minimum atomic E-state index is -4.40. The number of nitrogens with zero attached hydrogens (tertiary/aromatic N) is 8. The van der Waals surface area contributed by atoms with Gasteiger partial charge in [-0.15, -0.1) is 10.2 Å². The second-order valence-electron chi connectivity index (χ2n) is 9.00. The molecule has 9 nitrogen and oxygen atoms in total. The van der Waals surface area contributed by atoms with Crippen LogP contribution in [0.4, 0.5) is 18.9 Å². The second kappa shape index (κ2) is 10.5. The molecule has 0 bridgehead atoms. The largest absolute Gasteiger partial charge is 0.451 e. The normalized spacial score (nSPS) is 20.3. The summed E-state index contributed by atoms with van der Waals surface area (Å²) < 4.78 is 39.1. The Morgan fingerprint density at radius 3 is 2.61 bits per heavy atom. The van der Waals surface area contributed by atoms with Crippen molar-refractivity contribution in [3.8, 4) is 6.07 Å². The number of likely N-dealkylation sites (N-methyl/N-ethyl adjacent to an activating group) is 1. The van der Waals surface area contributed by atoms with Gasteiger partial charge in [0.25, 0.3) is 0 Å². The number of carbonyl (C=O) groups excluding carboxylic acids is 1. The van der Waals surface area contributed by atoms with Gasteiger partial charge < -0.3 is 14.3 Å². The van der Waals surface area contributed by atoms with Gasteiger partial charge in [0.1, 0.15) is 18.2 Å². The van der Waals surface area contributed by atoms with E-state index >= 15 is 0 Å². The van der Waals surface area contributed by atoms with Gasteiger partial charge in [-0.1, -0.05) is 6.92 Å². The summed E-state index contributed by atoms with van der Waals surface area (Å²) in [5.41, 5.74) is 2.05. The van der Waals surface area contributed by atoms with E-state index in [1.165, 1.54) is 0 Å². The van der Waals surface area contributed by atoms with Crippen LogP contribution in [0.5, 0.6) is 0 Å². The van der Waals surface area contributed by atoms with Gasteiger partial charge in [-0.05, 0) is 41.4 Å². The number of halogens is 4. The average Bonchev–Trinajstić information content (AvgIpc) is 3.27. The molecule has 0 radical (unpaired) electrons. The Morgan fingerprint density at radius 2 is 1.94 bits per heavy atom. The average molecular weight is 565 g/mol. The number of alkyl halides is 3. The van der Waals surface area contributed by atoms with Gasteiger partial charge in [0.15, 0.2) is 5.65 Å². The Balaban J connectivity index is 0.000000187. The standard InChI is InChI=1S/C16H15BrN4O.C7H9F3N4/c1-10-8-21(3-2-11(10)9-22)15-12(5-18)6-19-16-14(15)4-13(17)7-20-16;1-13-2-3-14-5(4-13)11-12-6(14)7(8,9)10/h4,6-7,9-11H,2-3,8H2,1H3;2-4H2,1H3. The van der Waals surface area contributed by atoms with Crippen molar-refractivity contribution in [3.05, 3.63) is 40.1 Å². The van der Waals surface area contributed by atoms with E-state index in [1.54, 1.807) is 12.4 Å². The van der Waals surface area contributed by atoms with E-state index in [-0.39, 0.29) is 11.8 Å². The van der Waals surface area contributed by atoms with Gasteiger partial charge >= 0.3 is 6.18 Å². The summed E-state index contributed by atoms with van der Waals surface area (Å²) in [5, 5.41) is 17.0. The lowest BCUT2D eigenvalue weighted by Gasteiger charge is -2.36. The van der Waals surface area contributed by atoms with E-state index in [0.29, 0.717) is 36.7 Å². The minimum absolute atomic E-state index is 0.0970. The topological polar surface area (TPSA) is 104 Å². The van der Waals surface area contributed by atoms with Crippen LogP contribution in [0.15, 0.2) is 22.9 Å². The number of hydrogen-bond acceptors (Lipinski definition) is 8. The molecule has 3 aromatic heterocycles. The van der Waals surface area contributed by atoms with E-state index in [2.05, 4.69) is 54.0 Å². The molecule has 0 N–H and O–H groups in total. The molecule has 1 fully saturated rings. The Bertz CT molecular complexity index is 1300. The zero-order valence-electron chi connectivity index (χ0n) is 19.7. The molecule has 2 atom stereocenters. The van der Waals surface area contributed by atoms with E-state index in [4.69, 9.17) is 0 Å². The van der Waals surface area contributed by atoms with Crippen molar-refractivity contribution in [1.82, 2.24) is 29.6 Å². The first-order valence-electron chi connectivity index (χ1n) is 11.3. The van der Waals surface area contributed by atoms with E-state index in [9.17, 15) is 23.2 Å². The number of pyridine rings is 2. The molecule has 0 amide bonds. The molecule has 0 aliphatic carbocycles. The molecule has 36 heavy (non-hydrogen) atoms. The Morgan fingerprint density at radius 1 is 1.19 bits per heavy atom. The molecule has 13 heteroatoms. The van der Waals surface area contributed by atoms with Crippen LogP contribution >= 0.6 is 15.9 Å². The molecule has 5 heterocycles. The number of aromatic nitrogens is 5. The number of nitriles is 1. The number of rotatable bonds is 2. The first kappa shape index (κ1) is 26.0. The summed E-state index contributed by atoms with van der Waals surface area (Å²) in [5.74, 6) is -0.146. The Kier molecular flexibility index (Phi) is 7.56. The van der Waals surface area contributed by atoms with Crippen LogP contribution in [0.3, 0.4) is 0 Å². The Labute approximate surface area is 214 Å². The molecule has 0 aromatic carbocycles. The third-order valence-electron chi connectivity index (χ3n) is 6.44. The molecule has 0 saturated carbocycles. The SMILES string of the molecule is CC1CN(c2c(C#N)cnc3ncc(Br)cc23)CCC1C=O.CN1CCn2c(nnc2C(F)(F)F)C1. The van der Waals surface area contributed by atoms with Crippen LogP contribution in [-0.2, 0) is 24.1 Å². The van der Waals surface area contributed by atoms with Crippen LogP contribution in [0, 0.1) is 23.2 Å². The van der Waals surface area contributed by atoms with Crippen molar-refractivity contribution in [3.63, 3.8) is 0 Å². The number of piperidine rings is 1. The highest BCUT2D eigenvalue weighted by atomic mass is 79.9. The maximum Gasteiger partial charge on any atom is 0.451 e. The van der Waals surface area contributed by atoms with Crippen LogP contribution < -0.4 is 4.90 Å². The van der Waals surface area contributed by atoms with Gasteiger partial charge in [-0.3, -0.25) is 4.90 Å². The number of aldehydes is 1. The van der Waals surface area contributed by atoms with Gasteiger partial charge in [-0.25, -0.2) is 9.97 Å². The summed E-state index contributed by atoms with van der Waals surface area (Å²) in [7, 11) is 1.84. The highest BCUT2D eigenvalue weighted by Gasteiger charge is 2.39. The first-order chi connectivity index (χ1) is 17.1. The maximum absolute atomic E-state index is 12.4. The van der Waals surface area contributed by atoms with E-state index < -0.39 is 12.0 Å². The summed E-state index contributed by atoms with van der Waals surface area (Å²) in [6.45, 7) is 4.90. The molecule has 2 unspecified atom stereocenters. The number of fused-ring (bicyclic) bond motifs is 2. The van der Waals surface area contributed by atoms with Crippen LogP contribution in [-0.4, -0.2) is 62.6 Å². The smallest absolute Gasteiger partial charge is 0.370 e. The lowest BCUT2D eigenvalue weighted by molar-refractivity contribution is -0.148. The fraction of sp³-hybridized carbons (Fsp3) is 0.478. The number of hydrogen-bond donors (Lipinski definition) is 0. The predicted molar refractivity (Wildman–Crippen MR) is 129 cm³/mol. The number of carbonyl (C=O) groups is 1. The quantitative estimate of drug-likeness (QED) is 0.434. The monoisotopic (exact) mass is 564 g/mol. The highest BCUT2D eigenvalue weighted by Crippen LogP contribution is 2.34. The predicted octanol–water partition coefficient (Wildman–Crippen LogP) is 3.67. The van der Waals surface area contributed by atoms with Crippen molar-refractivity contribution in [2.75, 3.05) is 31.6 Å². The molecule has 190 valence electrons. The fourth-order valence-corrected chi connectivity index (χ4v) is 4.85. The molecule has 1 saturated heterocycles. The fourth-order valence-electron chi connectivity index (χ4n) is 4.52. The highest BCUT2D eigenvalue weighted by molar-refractivity contribution is 9.10. The first-order valence-corrected chi connectivity index (χ1v) is 12.1. The lowest BCUT2D eigenvalue weighted by Crippen LogP contribution is -2.40. The van der Waals surface area contributed by atoms with Gasteiger partial charge in [0.05, 0.1) is 17.8 Å². The summed E-state index contributed by atoms with van der Waals surface area (Å²) >= 11 is 3.43.